The second kappa shape index (κ2) is 38.4. The highest BCUT2D eigenvalue weighted by Crippen LogP contribution is 2.44. The van der Waals surface area contributed by atoms with E-state index in [1.165, 1.54) is 88.9 Å². The molecule has 10 aromatic carbocycles. The molecule has 0 atom stereocenters. The Morgan fingerprint density at radius 2 is 0.647 bits per heavy atom. The molecule has 0 unspecified atom stereocenters. The quantitative estimate of drug-likeness (QED) is 0.0295. The monoisotopic (exact) mass is 2000 g/mol. The second-order valence-corrected chi connectivity index (χ2v) is 41.0. The number of fused-ring (bicyclic) bond motifs is 15. The molecule has 10 aromatic heterocycles. The Labute approximate surface area is 797 Å². The van der Waals surface area contributed by atoms with Crippen LogP contribution in [0.5, 0.6) is 28.7 Å². The van der Waals surface area contributed by atoms with Crippen LogP contribution in [0, 0.1) is 40.4 Å². The van der Waals surface area contributed by atoms with Gasteiger partial charge < -0.3 is 73.1 Å². The van der Waals surface area contributed by atoms with Gasteiger partial charge in [-0.25, -0.2) is 94.9 Å². The number of thiazole rings is 5. The van der Waals surface area contributed by atoms with Crippen LogP contribution in [0.2, 0.25) is 0 Å². The standard InChI is InChI=1S/C19H19F2N5O3S2.C19H21N5O3S2.C18H17FN4OS.C18H18N4OS.C17H17N5O3S2/c1-4-26-10(2)23-12-6-8-15-16(17(12)26)25-18(30-15)24-13-9-11(31(22,27)28)5-7-14(13)29-19(3,20)21;1-10(2)27-15-7-5-12(29(20,25)26)9-14(15)22-19-23-17-16(28-19)8-6-13-18(17)24(4)11(3)21-13;1-4-23-10(2)20-12-6-8-15-16(17(12)23)22-18(25-15)21-13-9-11(19)5-7-14(13)24-3;1-4-22-11(2)19-13-9-10-15-16(17(13)22)21-18(24-15)20-12-7-5-6-8-14(12)23-3;1-9-19-11-5-7-14-15(16(11)22(9)2)21-17(26-14)20-12-8-10(27(18,23)24)4-6-13(12)25-3/h5-9H,4H2,1-3H3,(H,24,25)(H2,22,27,28);5-10H,1-4H3,(H,22,23)(H2,20,25,26);5-9H,4H2,1-3H3,(H,21,22);5-10H,4H2,1-3H3,(H,20,21);4-8H,1-3H3,(H,20,21)(H2,18,23,24). The first-order valence-electron chi connectivity index (χ1n) is 42.0. The third kappa shape index (κ3) is 20.0. The number of anilines is 10. The van der Waals surface area contributed by atoms with Gasteiger partial charge in [-0.2, -0.15) is 8.78 Å². The van der Waals surface area contributed by atoms with Gasteiger partial charge in [0.15, 0.2) is 25.7 Å². The predicted octanol–water partition coefficient (Wildman–Crippen LogP) is 20.5. The Morgan fingerprint density at radius 3 is 0.978 bits per heavy atom. The molecule has 0 bridgehead atoms. The molecule has 0 radical (unpaired) electrons. The summed E-state index contributed by atoms with van der Waals surface area (Å²) in [6.45, 7) is 22.9. The number of nitrogens with zero attached hydrogens (tertiary/aromatic N) is 15. The van der Waals surface area contributed by atoms with E-state index >= 15 is 0 Å². The topological polar surface area (TPSA) is 440 Å². The molecule has 20 rings (SSSR count). The second-order valence-electron chi connectivity index (χ2n) is 31.2. The molecule has 0 aliphatic rings. The largest absolute Gasteiger partial charge is 0.495 e. The number of sulfonamides is 3. The van der Waals surface area contributed by atoms with Crippen molar-refractivity contribution < 1.29 is 62.1 Å². The number of alkyl halides is 2. The van der Waals surface area contributed by atoms with Gasteiger partial charge in [-0.05, 0) is 209 Å². The van der Waals surface area contributed by atoms with Gasteiger partial charge in [0.05, 0.1) is 149 Å². The number of ether oxygens (including phenoxy) is 5. The average molecular weight is 2000 g/mol. The number of para-hydroxylation sites is 2. The Bertz CT molecular complexity index is 8400. The van der Waals surface area contributed by atoms with E-state index in [0.29, 0.717) is 73.8 Å². The van der Waals surface area contributed by atoms with Crippen molar-refractivity contribution in [2.45, 2.75) is 123 Å². The minimum atomic E-state index is -4.05. The third-order valence-corrected chi connectivity index (χ3v) is 29.1. The number of halogens is 3. The van der Waals surface area contributed by atoms with Gasteiger partial charge in [-0.15, -0.1) is 0 Å². The zero-order valence-corrected chi connectivity index (χ0v) is 82.6. The normalized spacial score (nSPS) is 11.9. The molecule has 45 heteroatoms. The molecule has 0 spiro atoms. The first kappa shape index (κ1) is 95.7. The SMILES string of the molecule is CCn1c(C)nc2ccc3sc(Nc4cc(F)ccc4OC)nc3c21.CCn1c(C)nc2ccc3sc(Nc4cc(S(N)(=O)=O)ccc4OC(C)(F)F)nc3c21.CCn1c(C)nc2ccc3sc(Nc4ccccc4OC)nc3c21.COc1ccc(S(N)(=O)=O)cc1Nc1nc2c(ccc3nc(C)n(C)c32)s1.Cc1nc2ccc3sc(Nc4cc(S(N)(=O)=O)ccc4OC(C)C)nc3c2n1C. The highest BCUT2D eigenvalue weighted by atomic mass is 32.2. The molecule has 0 amide bonds. The van der Waals surface area contributed by atoms with E-state index < -0.39 is 36.2 Å². The number of imidazole rings is 5. The van der Waals surface area contributed by atoms with Crippen LogP contribution in [-0.2, 0) is 63.8 Å². The van der Waals surface area contributed by atoms with Crippen molar-refractivity contribution in [1.29, 1.82) is 0 Å². The molecule has 0 saturated heterocycles. The van der Waals surface area contributed by atoms with Crippen LogP contribution in [0.3, 0.4) is 0 Å². The molecule has 0 saturated carbocycles. The minimum absolute atomic E-state index is 0.00173. The van der Waals surface area contributed by atoms with E-state index in [9.17, 15) is 38.4 Å². The Kier molecular flexibility index (Phi) is 27.0. The number of methoxy groups -OCH3 is 3. The molecule has 20 aromatic rings. The molecule has 0 aliphatic carbocycles. The van der Waals surface area contributed by atoms with Gasteiger partial charge in [-0.1, -0.05) is 68.8 Å². The average Bonchev–Trinajstić information content (AvgIpc) is 1.64. The maximum Gasteiger partial charge on any atom is 0.394 e. The number of aromatic nitrogens is 15. The van der Waals surface area contributed by atoms with E-state index in [2.05, 4.69) is 101 Å². The van der Waals surface area contributed by atoms with Crippen LogP contribution in [0.25, 0.3) is 106 Å². The number of rotatable bonds is 23. The van der Waals surface area contributed by atoms with Crippen molar-refractivity contribution in [3.8, 4) is 28.7 Å². The van der Waals surface area contributed by atoms with Gasteiger partial charge in [0.2, 0.25) is 30.1 Å². The Balaban J connectivity index is 0.000000124. The summed E-state index contributed by atoms with van der Waals surface area (Å²) in [6.07, 6.45) is -3.55. The van der Waals surface area contributed by atoms with Crippen molar-refractivity contribution in [1.82, 2.24) is 72.7 Å². The fourth-order valence-corrected chi connectivity index (χ4v) is 21.5. The molecule has 10 heterocycles. The minimum Gasteiger partial charge on any atom is -0.495 e. The van der Waals surface area contributed by atoms with Gasteiger partial charge in [0, 0.05) is 46.7 Å². The van der Waals surface area contributed by atoms with Crippen LogP contribution in [-0.4, -0.2) is 131 Å². The van der Waals surface area contributed by atoms with Crippen LogP contribution < -0.4 is 65.7 Å². The highest BCUT2D eigenvalue weighted by molar-refractivity contribution is 7.89. The van der Waals surface area contributed by atoms with Crippen LogP contribution in [0.4, 0.5) is 67.3 Å². The van der Waals surface area contributed by atoms with E-state index in [4.69, 9.17) is 49.3 Å². The molecule has 0 fully saturated rings. The number of benzene rings is 10. The summed E-state index contributed by atoms with van der Waals surface area (Å²) in [5.41, 5.74) is 16.1. The number of nitrogens with two attached hydrogens (primary N) is 3. The van der Waals surface area contributed by atoms with E-state index in [-0.39, 0.29) is 38.0 Å². The van der Waals surface area contributed by atoms with Gasteiger partial charge in [-0.3, -0.25) is 0 Å². The maximum absolute atomic E-state index is 13.6. The van der Waals surface area contributed by atoms with E-state index in [0.717, 1.165) is 178 Å². The van der Waals surface area contributed by atoms with E-state index in [1.54, 1.807) is 43.8 Å². The molecular weight excluding hydrogens is 1900 g/mol. The van der Waals surface area contributed by atoms with Crippen LogP contribution in [0.1, 0.15) is 70.7 Å². The van der Waals surface area contributed by atoms with Crippen molar-refractivity contribution in [3.63, 3.8) is 0 Å². The lowest BCUT2D eigenvalue weighted by atomic mass is 10.3. The first-order valence-corrected chi connectivity index (χ1v) is 50.7. The summed E-state index contributed by atoms with van der Waals surface area (Å²) < 4.78 is 153. The fraction of sp³-hybridized carbons (Fsp3) is 0.231. The Morgan fingerprint density at radius 1 is 0.368 bits per heavy atom. The predicted molar refractivity (Wildman–Crippen MR) is 537 cm³/mol. The lowest BCUT2D eigenvalue weighted by Gasteiger charge is -2.17. The zero-order chi connectivity index (χ0) is 97.1. The van der Waals surface area contributed by atoms with Gasteiger partial charge >= 0.3 is 6.11 Å². The van der Waals surface area contributed by atoms with Crippen LogP contribution >= 0.6 is 56.7 Å². The molecule has 0 aliphatic heterocycles. The smallest absolute Gasteiger partial charge is 0.394 e. The third-order valence-electron chi connectivity index (χ3n) is 21.7. The lowest BCUT2D eigenvalue weighted by molar-refractivity contribution is -0.158. The highest BCUT2D eigenvalue weighted by Gasteiger charge is 2.28. The van der Waals surface area contributed by atoms with Crippen molar-refractivity contribution in [3.05, 3.63) is 193 Å². The van der Waals surface area contributed by atoms with Gasteiger partial charge in [0.25, 0.3) is 0 Å². The summed E-state index contributed by atoms with van der Waals surface area (Å²) in [4.78, 5) is 46.2. The Hall–Kier alpha value is -13.5. The summed E-state index contributed by atoms with van der Waals surface area (Å²) in [5.74, 6) is 6.48. The maximum atomic E-state index is 13.6. The number of hydrogen-bond donors (Lipinski definition) is 8. The lowest BCUT2D eigenvalue weighted by Crippen LogP contribution is -2.20. The first-order chi connectivity index (χ1) is 64.7. The van der Waals surface area contributed by atoms with Gasteiger partial charge in [0.1, 0.15) is 91.3 Å². The fourth-order valence-electron chi connectivity index (χ4n) is 15.5. The van der Waals surface area contributed by atoms with Crippen molar-refractivity contribution in [2.24, 2.45) is 29.5 Å². The molecule has 34 nitrogen and oxygen atoms in total. The van der Waals surface area contributed by atoms with Crippen molar-refractivity contribution >= 4 is 247 Å². The number of aryl methyl sites for hydroxylation is 10. The number of primary sulfonamides is 3. The van der Waals surface area contributed by atoms with Crippen LogP contribution in [0.15, 0.2) is 172 Å². The zero-order valence-electron chi connectivity index (χ0n) is 76.0. The van der Waals surface area contributed by atoms with E-state index in [1.807, 2.05) is 156 Å². The number of hydrogen-bond acceptors (Lipinski definition) is 31. The molecule has 11 N–H and O–H groups in total. The summed E-state index contributed by atoms with van der Waals surface area (Å²) >= 11 is 7.37. The summed E-state index contributed by atoms with van der Waals surface area (Å²) in [6, 6.07) is 44.3. The molecule has 706 valence electrons. The summed E-state index contributed by atoms with van der Waals surface area (Å²) in [7, 11) is -3.06. The molecule has 136 heavy (non-hydrogen) atoms. The molecular formula is C91H92F3N23O11S8. The summed E-state index contributed by atoms with van der Waals surface area (Å²) in [5, 5.41) is 34.7. The number of nitrogens with one attached hydrogen (secondary N) is 5. The van der Waals surface area contributed by atoms with Crippen molar-refractivity contribution in [2.75, 3.05) is 47.9 Å².